The van der Waals surface area contributed by atoms with Gasteiger partial charge in [0.05, 0.1) is 0 Å². The van der Waals surface area contributed by atoms with Gasteiger partial charge in [0.25, 0.3) is 0 Å². The van der Waals surface area contributed by atoms with E-state index < -0.39 is 0 Å². The highest BCUT2D eigenvalue weighted by Crippen LogP contribution is 2.19. The van der Waals surface area contributed by atoms with E-state index in [9.17, 15) is 14.0 Å². The molecule has 1 aliphatic rings. The number of nitrogens with zero attached hydrogens (tertiary/aromatic N) is 1. The van der Waals surface area contributed by atoms with Crippen LogP contribution in [-0.2, 0) is 16.0 Å². The molecule has 1 aromatic carbocycles. The Labute approximate surface area is 131 Å². The fourth-order valence-corrected chi connectivity index (χ4v) is 2.87. The van der Waals surface area contributed by atoms with E-state index in [4.69, 9.17) is 5.73 Å². The molecule has 1 aromatic rings. The van der Waals surface area contributed by atoms with Gasteiger partial charge in [0.2, 0.25) is 11.8 Å². The van der Waals surface area contributed by atoms with Crippen LogP contribution in [0.25, 0.3) is 0 Å². The molecule has 1 aliphatic heterocycles. The third-order valence-electron chi connectivity index (χ3n) is 3.87. The summed E-state index contributed by atoms with van der Waals surface area (Å²) in [6.45, 7) is 1.10. The van der Waals surface area contributed by atoms with Crippen LogP contribution in [-0.4, -0.2) is 29.8 Å². The van der Waals surface area contributed by atoms with E-state index in [0.717, 1.165) is 0 Å². The SMILES string of the molecule is NC(=O)C1CCN(C(=O)CCc2ccc(Br)cc2F)CC1. The Balaban J connectivity index is 1.84. The monoisotopic (exact) mass is 356 g/mol. The minimum absolute atomic E-state index is 0.000221. The van der Waals surface area contributed by atoms with Crippen LogP contribution in [0.3, 0.4) is 0 Å². The van der Waals surface area contributed by atoms with Crippen molar-refractivity contribution in [1.29, 1.82) is 0 Å². The summed E-state index contributed by atoms with van der Waals surface area (Å²) >= 11 is 3.20. The van der Waals surface area contributed by atoms with E-state index in [1.807, 2.05) is 0 Å². The molecule has 0 aromatic heterocycles. The smallest absolute Gasteiger partial charge is 0.222 e. The number of carbonyl (C=O) groups excluding carboxylic acids is 2. The number of benzene rings is 1. The van der Waals surface area contributed by atoms with Crippen molar-refractivity contribution in [3.8, 4) is 0 Å². The molecule has 114 valence electrons. The lowest BCUT2D eigenvalue weighted by atomic mass is 9.96. The lowest BCUT2D eigenvalue weighted by Gasteiger charge is -2.30. The molecular weight excluding hydrogens is 339 g/mol. The third kappa shape index (κ3) is 4.27. The lowest BCUT2D eigenvalue weighted by Crippen LogP contribution is -2.41. The highest BCUT2D eigenvalue weighted by molar-refractivity contribution is 9.10. The first kappa shape index (κ1) is 15.9. The van der Waals surface area contributed by atoms with Crippen LogP contribution in [0.2, 0.25) is 0 Å². The van der Waals surface area contributed by atoms with Gasteiger partial charge in [-0.25, -0.2) is 4.39 Å². The standard InChI is InChI=1S/C15H18BrFN2O2/c16-12-3-1-10(13(17)9-12)2-4-14(20)19-7-5-11(6-8-19)15(18)21/h1,3,9,11H,2,4-8H2,(H2,18,21). The molecule has 6 heteroatoms. The molecule has 2 rings (SSSR count). The molecule has 0 radical (unpaired) electrons. The van der Waals surface area contributed by atoms with Crippen LogP contribution < -0.4 is 5.73 Å². The van der Waals surface area contributed by atoms with Gasteiger partial charge < -0.3 is 10.6 Å². The van der Waals surface area contributed by atoms with E-state index in [1.54, 1.807) is 17.0 Å². The first-order chi connectivity index (χ1) is 9.97. The van der Waals surface area contributed by atoms with Gasteiger partial charge in [0.15, 0.2) is 0 Å². The first-order valence-electron chi connectivity index (χ1n) is 6.98. The second-order valence-corrected chi connectivity index (χ2v) is 6.21. The summed E-state index contributed by atoms with van der Waals surface area (Å²) in [4.78, 5) is 24.9. The maximum absolute atomic E-state index is 13.7. The lowest BCUT2D eigenvalue weighted by molar-refractivity contribution is -0.134. The van der Waals surface area contributed by atoms with Crippen molar-refractivity contribution in [3.05, 3.63) is 34.1 Å². The second kappa shape index (κ2) is 7.02. The van der Waals surface area contributed by atoms with Crippen LogP contribution in [0, 0.1) is 11.7 Å². The number of halogens is 2. The molecule has 0 saturated carbocycles. The molecule has 0 atom stereocenters. The molecule has 2 amide bonds. The molecule has 2 N–H and O–H groups in total. The third-order valence-corrected chi connectivity index (χ3v) is 4.37. The Kier molecular flexibility index (Phi) is 5.33. The normalized spacial score (nSPS) is 16.0. The fourth-order valence-electron chi connectivity index (χ4n) is 2.54. The van der Waals surface area contributed by atoms with Crippen LogP contribution in [0.5, 0.6) is 0 Å². The van der Waals surface area contributed by atoms with E-state index in [2.05, 4.69) is 15.9 Å². The van der Waals surface area contributed by atoms with E-state index in [-0.39, 0.29) is 30.0 Å². The summed E-state index contributed by atoms with van der Waals surface area (Å²) in [5, 5.41) is 0. The van der Waals surface area contributed by atoms with Gasteiger partial charge in [-0.3, -0.25) is 9.59 Å². The molecule has 1 fully saturated rings. The number of nitrogens with two attached hydrogens (primary N) is 1. The fraction of sp³-hybridized carbons (Fsp3) is 0.467. The largest absolute Gasteiger partial charge is 0.369 e. The van der Waals surface area contributed by atoms with Crippen LogP contribution in [0.15, 0.2) is 22.7 Å². The Hall–Kier alpha value is -1.43. The summed E-state index contributed by atoms with van der Waals surface area (Å²) in [7, 11) is 0. The van der Waals surface area contributed by atoms with Crippen molar-refractivity contribution < 1.29 is 14.0 Å². The van der Waals surface area contributed by atoms with Gasteiger partial charge in [0.1, 0.15) is 5.82 Å². The van der Waals surface area contributed by atoms with Crippen molar-refractivity contribution in [1.82, 2.24) is 4.90 Å². The maximum Gasteiger partial charge on any atom is 0.222 e. The highest BCUT2D eigenvalue weighted by atomic mass is 79.9. The molecule has 0 aliphatic carbocycles. The zero-order valence-corrected chi connectivity index (χ0v) is 13.2. The van der Waals surface area contributed by atoms with Gasteiger partial charge in [-0.2, -0.15) is 0 Å². The number of rotatable bonds is 4. The number of hydrogen-bond acceptors (Lipinski definition) is 2. The van der Waals surface area contributed by atoms with Crippen LogP contribution in [0.1, 0.15) is 24.8 Å². The molecule has 0 bridgehead atoms. The predicted molar refractivity (Wildman–Crippen MR) is 80.9 cm³/mol. The summed E-state index contributed by atoms with van der Waals surface area (Å²) < 4.78 is 14.4. The van der Waals surface area contributed by atoms with Crippen LogP contribution >= 0.6 is 15.9 Å². The average Bonchev–Trinajstić information content (AvgIpc) is 2.46. The summed E-state index contributed by atoms with van der Waals surface area (Å²) in [6, 6.07) is 4.85. The van der Waals surface area contributed by atoms with Crippen molar-refractivity contribution in [2.45, 2.75) is 25.7 Å². The van der Waals surface area contributed by atoms with E-state index >= 15 is 0 Å². The van der Waals surface area contributed by atoms with Gasteiger partial charge in [-0.15, -0.1) is 0 Å². The van der Waals surface area contributed by atoms with E-state index in [1.165, 1.54) is 6.07 Å². The number of piperidine rings is 1. The van der Waals surface area contributed by atoms with Crippen molar-refractivity contribution in [2.75, 3.05) is 13.1 Å². The molecule has 0 unspecified atom stereocenters. The summed E-state index contributed by atoms with van der Waals surface area (Å²) in [5.41, 5.74) is 5.80. The minimum atomic E-state index is -0.301. The van der Waals surface area contributed by atoms with Gasteiger partial charge in [-0.1, -0.05) is 22.0 Å². The predicted octanol–water partition coefficient (Wildman–Crippen LogP) is 2.24. The van der Waals surface area contributed by atoms with E-state index in [0.29, 0.717) is 42.4 Å². The maximum atomic E-state index is 13.7. The number of aryl methyl sites for hydroxylation is 1. The van der Waals surface area contributed by atoms with Gasteiger partial charge >= 0.3 is 0 Å². The minimum Gasteiger partial charge on any atom is -0.369 e. The van der Waals surface area contributed by atoms with Crippen LogP contribution in [0.4, 0.5) is 4.39 Å². The number of primary amides is 1. The number of likely N-dealkylation sites (tertiary alicyclic amines) is 1. The Morgan fingerprint density at radius 3 is 2.57 bits per heavy atom. The van der Waals surface area contributed by atoms with Crippen molar-refractivity contribution in [3.63, 3.8) is 0 Å². The zero-order chi connectivity index (χ0) is 15.4. The Morgan fingerprint density at radius 2 is 2.00 bits per heavy atom. The molecule has 0 spiro atoms. The Bertz CT molecular complexity index is 542. The zero-order valence-electron chi connectivity index (χ0n) is 11.6. The molecule has 1 saturated heterocycles. The molecule has 1 heterocycles. The van der Waals surface area contributed by atoms with Crippen molar-refractivity contribution >= 4 is 27.7 Å². The number of carbonyl (C=O) groups is 2. The summed E-state index contributed by atoms with van der Waals surface area (Å²) in [5.74, 6) is -0.721. The molecule has 21 heavy (non-hydrogen) atoms. The molecule has 4 nitrogen and oxygen atoms in total. The first-order valence-corrected chi connectivity index (χ1v) is 7.77. The average molecular weight is 357 g/mol. The highest BCUT2D eigenvalue weighted by Gasteiger charge is 2.25. The second-order valence-electron chi connectivity index (χ2n) is 5.29. The summed E-state index contributed by atoms with van der Waals surface area (Å²) in [6.07, 6.45) is 1.90. The Morgan fingerprint density at radius 1 is 1.33 bits per heavy atom. The van der Waals surface area contributed by atoms with Gasteiger partial charge in [0, 0.05) is 29.9 Å². The quantitative estimate of drug-likeness (QED) is 0.898. The van der Waals surface area contributed by atoms with Gasteiger partial charge in [-0.05, 0) is 37.0 Å². The number of hydrogen-bond donors (Lipinski definition) is 1. The topological polar surface area (TPSA) is 63.4 Å². The van der Waals surface area contributed by atoms with Crippen molar-refractivity contribution in [2.24, 2.45) is 11.7 Å². The molecular formula is C15H18BrFN2O2. The number of amides is 2.